The number of rotatable bonds is 6. The van der Waals surface area contributed by atoms with Gasteiger partial charge in [0.05, 0.1) is 6.61 Å². The van der Waals surface area contributed by atoms with Crippen molar-refractivity contribution in [3.05, 3.63) is 52.5 Å². The van der Waals surface area contributed by atoms with Gasteiger partial charge >= 0.3 is 0 Å². The lowest BCUT2D eigenvalue weighted by molar-refractivity contribution is -0.686. The Bertz CT molecular complexity index is 660. The van der Waals surface area contributed by atoms with E-state index in [9.17, 15) is 0 Å². The van der Waals surface area contributed by atoms with Gasteiger partial charge in [0.15, 0.2) is 11.5 Å². The van der Waals surface area contributed by atoms with Crippen LogP contribution < -0.4 is 19.5 Å². The number of benzene rings is 2. The van der Waals surface area contributed by atoms with Crippen LogP contribution in [0.4, 0.5) is 0 Å². The molecule has 0 unspecified atom stereocenters. The molecule has 0 amide bonds. The summed E-state index contributed by atoms with van der Waals surface area (Å²) in [5.41, 5.74) is 2.30. The van der Waals surface area contributed by atoms with Crippen LogP contribution in [0.3, 0.4) is 0 Å². The summed E-state index contributed by atoms with van der Waals surface area (Å²) < 4.78 is 16.4. The molecule has 3 rings (SSSR count). The van der Waals surface area contributed by atoms with E-state index in [1.807, 2.05) is 37.3 Å². The van der Waals surface area contributed by atoms with Gasteiger partial charge in [-0.05, 0) is 43.3 Å². The van der Waals surface area contributed by atoms with Crippen LogP contribution in [-0.4, -0.2) is 13.4 Å². The molecule has 0 aliphatic carbocycles. The molecule has 1 aliphatic heterocycles. The lowest BCUT2D eigenvalue weighted by atomic mass is 10.1. The van der Waals surface area contributed by atoms with E-state index in [1.54, 1.807) is 0 Å². The van der Waals surface area contributed by atoms with Crippen LogP contribution in [0.1, 0.15) is 18.1 Å². The molecule has 2 aromatic rings. The number of fused-ring (bicyclic) bond motifs is 1. The third-order valence-electron chi connectivity index (χ3n) is 3.50. The molecule has 116 valence electrons. The van der Waals surface area contributed by atoms with Gasteiger partial charge in [0.2, 0.25) is 6.79 Å². The van der Waals surface area contributed by atoms with Crippen LogP contribution in [-0.2, 0) is 13.1 Å². The van der Waals surface area contributed by atoms with Crippen molar-refractivity contribution in [2.24, 2.45) is 0 Å². The molecule has 0 saturated carbocycles. The van der Waals surface area contributed by atoms with E-state index >= 15 is 0 Å². The largest absolute Gasteiger partial charge is 0.493 e. The van der Waals surface area contributed by atoms with Crippen molar-refractivity contribution in [3.63, 3.8) is 0 Å². The molecule has 0 radical (unpaired) electrons. The molecule has 0 bridgehead atoms. The highest BCUT2D eigenvalue weighted by atomic mass is 35.5. The molecule has 2 N–H and O–H groups in total. The standard InChI is InChI=1S/C17H18ClNO3/c1-2-20-15-6-4-14(18)8-13(15)10-19-9-12-3-5-16-17(7-12)22-11-21-16/h3-8,19H,2,9-11H2,1H3/p+1. The molecule has 5 heteroatoms. The smallest absolute Gasteiger partial charge is 0.231 e. The average molecular weight is 321 g/mol. The maximum absolute atomic E-state index is 6.08. The van der Waals surface area contributed by atoms with Gasteiger partial charge in [-0.1, -0.05) is 11.6 Å². The second kappa shape index (κ2) is 6.90. The zero-order valence-corrected chi connectivity index (χ0v) is 13.2. The van der Waals surface area contributed by atoms with Gasteiger partial charge in [-0.2, -0.15) is 0 Å². The molecule has 1 heterocycles. The summed E-state index contributed by atoms with van der Waals surface area (Å²) in [5.74, 6) is 2.54. The Kier molecular flexibility index (Phi) is 4.71. The quantitative estimate of drug-likeness (QED) is 0.890. The van der Waals surface area contributed by atoms with Crippen molar-refractivity contribution in [2.75, 3.05) is 13.4 Å². The van der Waals surface area contributed by atoms with Gasteiger partial charge in [-0.3, -0.25) is 0 Å². The van der Waals surface area contributed by atoms with Gasteiger partial charge in [0.25, 0.3) is 0 Å². The Balaban J connectivity index is 1.62. The Labute approximate surface area is 135 Å². The minimum absolute atomic E-state index is 0.308. The molecule has 1 aliphatic rings. The van der Waals surface area contributed by atoms with E-state index in [0.29, 0.717) is 13.4 Å². The van der Waals surface area contributed by atoms with Gasteiger partial charge in [-0.15, -0.1) is 0 Å². The normalized spacial score (nSPS) is 12.5. The molecule has 0 aromatic heterocycles. The Morgan fingerprint density at radius 2 is 1.95 bits per heavy atom. The number of hydrogen-bond acceptors (Lipinski definition) is 3. The first kappa shape index (κ1) is 15.0. The molecule has 0 spiro atoms. The molecule has 0 fully saturated rings. The predicted octanol–water partition coefficient (Wildman–Crippen LogP) is 2.73. The summed E-state index contributed by atoms with van der Waals surface area (Å²) in [6.45, 7) is 4.60. The number of ether oxygens (including phenoxy) is 3. The molecule has 4 nitrogen and oxygen atoms in total. The minimum atomic E-state index is 0.308. The monoisotopic (exact) mass is 320 g/mol. The molecule has 22 heavy (non-hydrogen) atoms. The number of nitrogens with two attached hydrogens (primary N) is 1. The number of halogens is 1. The van der Waals surface area contributed by atoms with E-state index in [4.69, 9.17) is 25.8 Å². The predicted molar refractivity (Wildman–Crippen MR) is 84.5 cm³/mol. The van der Waals surface area contributed by atoms with Crippen LogP contribution in [0.15, 0.2) is 36.4 Å². The van der Waals surface area contributed by atoms with E-state index in [-0.39, 0.29) is 0 Å². The molecule has 0 atom stereocenters. The van der Waals surface area contributed by atoms with E-state index in [2.05, 4.69) is 11.4 Å². The highest BCUT2D eigenvalue weighted by Gasteiger charge is 2.14. The highest BCUT2D eigenvalue weighted by molar-refractivity contribution is 6.30. The van der Waals surface area contributed by atoms with Crippen LogP contribution in [0.2, 0.25) is 5.02 Å². The molecular weight excluding hydrogens is 302 g/mol. The topological polar surface area (TPSA) is 44.3 Å². The summed E-state index contributed by atoms with van der Waals surface area (Å²) in [4.78, 5) is 0. The fourth-order valence-electron chi connectivity index (χ4n) is 2.47. The first-order valence-electron chi connectivity index (χ1n) is 7.37. The zero-order chi connectivity index (χ0) is 15.4. The van der Waals surface area contributed by atoms with E-state index < -0.39 is 0 Å². The van der Waals surface area contributed by atoms with Crippen LogP contribution in [0.5, 0.6) is 17.2 Å². The van der Waals surface area contributed by atoms with Gasteiger partial charge in [0.1, 0.15) is 18.8 Å². The maximum atomic E-state index is 6.08. The molecular formula is C17H19ClNO3+. The van der Waals surface area contributed by atoms with Gasteiger partial charge in [0, 0.05) is 16.1 Å². The second-order valence-corrected chi connectivity index (χ2v) is 5.51. The maximum Gasteiger partial charge on any atom is 0.231 e. The highest BCUT2D eigenvalue weighted by Crippen LogP contribution is 2.32. The van der Waals surface area contributed by atoms with Crippen molar-refractivity contribution < 1.29 is 19.5 Å². The Morgan fingerprint density at radius 1 is 1.09 bits per heavy atom. The number of hydrogen-bond donors (Lipinski definition) is 1. The van der Waals surface area contributed by atoms with Crippen molar-refractivity contribution >= 4 is 11.6 Å². The summed E-state index contributed by atoms with van der Waals surface area (Å²) in [7, 11) is 0. The molecule has 2 aromatic carbocycles. The fraction of sp³-hybridized carbons (Fsp3) is 0.294. The van der Waals surface area contributed by atoms with Crippen LogP contribution in [0, 0.1) is 0 Å². The van der Waals surface area contributed by atoms with Gasteiger partial charge < -0.3 is 19.5 Å². The van der Waals surface area contributed by atoms with Crippen molar-refractivity contribution in [3.8, 4) is 17.2 Å². The van der Waals surface area contributed by atoms with E-state index in [0.717, 1.165) is 40.9 Å². The summed E-state index contributed by atoms with van der Waals surface area (Å²) in [6.07, 6.45) is 0. The average Bonchev–Trinajstić information content (AvgIpc) is 2.98. The van der Waals surface area contributed by atoms with Crippen molar-refractivity contribution in [2.45, 2.75) is 20.0 Å². The fourth-order valence-corrected chi connectivity index (χ4v) is 2.66. The van der Waals surface area contributed by atoms with E-state index in [1.165, 1.54) is 5.56 Å². The lowest BCUT2D eigenvalue weighted by Crippen LogP contribution is -2.80. The third kappa shape index (κ3) is 3.46. The summed E-state index contributed by atoms with van der Waals surface area (Å²) >= 11 is 6.08. The molecule has 0 saturated heterocycles. The van der Waals surface area contributed by atoms with Crippen LogP contribution >= 0.6 is 11.6 Å². The minimum Gasteiger partial charge on any atom is -0.493 e. The summed E-state index contributed by atoms with van der Waals surface area (Å²) in [6, 6.07) is 11.8. The van der Waals surface area contributed by atoms with Crippen molar-refractivity contribution in [1.29, 1.82) is 0 Å². The first-order chi connectivity index (χ1) is 10.8. The van der Waals surface area contributed by atoms with Gasteiger partial charge in [-0.25, -0.2) is 0 Å². The Morgan fingerprint density at radius 3 is 2.82 bits per heavy atom. The van der Waals surface area contributed by atoms with Crippen LogP contribution in [0.25, 0.3) is 0 Å². The lowest BCUT2D eigenvalue weighted by Gasteiger charge is -2.10. The SMILES string of the molecule is CCOc1ccc(Cl)cc1C[NH2+]Cc1ccc2c(c1)OCO2. The summed E-state index contributed by atoms with van der Waals surface area (Å²) in [5, 5.41) is 2.95. The number of quaternary nitrogens is 1. The Hall–Kier alpha value is -1.91. The third-order valence-corrected chi connectivity index (χ3v) is 3.74. The van der Waals surface area contributed by atoms with Crippen molar-refractivity contribution in [1.82, 2.24) is 0 Å². The first-order valence-corrected chi connectivity index (χ1v) is 7.75. The second-order valence-electron chi connectivity index (χ2n) is 5.07. The zero-order valence-electron chi connectivity index (χ0n) is 12.5.